The molecule has 1 amide bonds. The third-order valence-corrected chi connectivity index (χ3v) is 6.82. The summed E-state index contributed by atoms with van der Waals surface area (Å²) in [5.74, 6) is -0.558. The van der Waals surface area contributed by atoms with E-state index in [4.69, 9.17) is 9.15 Å². The van der Waals surface area contributed by atoms with Crippen LogP contribution in [0.2, 0.25) is 0 Å². The summed E-state index contributed by atoms with van der Waals surface area (Å²) in [6.07, 6.45) is 4.40. The standard InChI is InChI=1S/C26H21N5O5S/c1-16-11-20-18(13-27-16)9-6-10-21(20)31-37(33,34)23-12-19(14-28-25(23)35-2)30-24(32)26-29-15-22(36-26)17-7-4-3-5-8-17/h3-15,31H,1-2H3,(H,30,32). The molecular formula is C26H21N5O5S. The lowest BCUT2D eigenvalue weighted by Gasteiger charge is -2.14. The molecule has 5 rings (SSSR count). The van der Waals surface area contributed by atoms with Crippen LogP contribution in [0.3, 0.4) is 0 Å². The Balaban J connectivity index is 1.43. The van der Waals surface area contributed by atoms with Crippen molar-refractivity contribution in [2.24, 2.45) is 0 Å². The van der Waals surface area contributed by atoms with E-state index in [1.54, 1.807) is 24.4 Å². The minimum atomic E-state index is -4.16. The Morgan fingerprint density at radius 3 is 2.54 bits per heavy atom. The van der Waals surface area contributed by atoms with Crippen molar-refractivity contribution < 1.29 is 22.4 Å². The Kier molecular flexibility index (Phi) is 6.28. The Morgan fingerprint density at radius 2 is 1.76 bits per heavy atom. The number of ether oxygens (including phenoxy) is 1. The van der Waals surface area contributed by atoms with E-state index in [1.807, 2.05) is 43.3 Å². The number of oxazole rings is 1. The summed E-state index contributed by atoms with van der Waals surface area (Å²) in [6.45, 7) is 1.82. The first kappa shape index (κ1) is 23.9. The molecular weight excluding hydrogens is 494 g/mol. The zero-order valence-electron chi connectivity index (χ0n) is 19.8. The number of carbonyl (C=O) groups excluding carboxylic acids is 1. The van der Waals surface area contributed by atoms with Gasteiger partial charge < -0.3 is 14.5 Å². The van der Waals surface area contributed by atoms with Crippen LogP contribution in [0.5, 0.6) is 5.88 Å². The number of methoxy groups -OCH3 is 1. The summed E-state index contributed by atoms with van der Waals surface area (Å²) in [7, 11) is -2.85. The minimum Gasteiger partial charge on any atom is -0.480 e. The van der Waals surface area contributed by atoms with Gasteiger partial charge in [-0.15, -0.1) is 0 Å². The fourth-order valence-electron chi connectivity index (χ4n) is 3.71. The third-order valence-electron chi connectivity index (χ3n) is 5.46. The van der Waals surface area contributed by atoms with Crippen molar-refractivity contribution in [1.82, 2.24) is 15.0 Å². The SMILES string of the molecule is COc1ncc(NC(=O)c2ncc(-c3ccccc3)o2)cc1S(=O)(=O)Nc1cccc2cnc(C)cc12. The number of hydrogen-bond donors (Lipinski definition) is 2. The average molecular weight is 516 g/mol. The Labute approximate surface area is 212 Å². The lowest BCUT2D eigenvalue weighted by molar-refractivity contribution is 0.0991. The number of sulfonamides is 1. The predicted octanol–water partition coefficient (Wildman–Crippen LogP) is 4.65. The van der Waals surface area contributed by atoms with E-state index >= 15 is 0 Å². The number of anilines is 2. The first-order chi connectivity index (χ1) is 17.8. The number of fused-ring (bicyclic) bond motifs is 1. The van der Waals surface area contributed by atoms with Crippen LogP contribution in [0.4, 0.5) is 11.4 Å². The van der Waals surface area contributed by atoms with Crippen LogP contribution < -0.4 is 14.8 Å². The smallest absolute Gasteiger partial charge is 0.311 e. The number of nitrogens with zero attached hydrogens (tertiary/aromatic N) is 3. The van der Waals surface area contributed by atoms with Gasteiger partial charge in [-0.2, -0.15) is 0 Å². The molecule has 5 aromatic rings. The number of rotatable bonds is 7. The quantitative estimate of drug-likeness (QED) is 0.320. The van der Waals surface area contributed by atoms with Crippen molar-refractivity contribution in [3.8, 4) is 17.2 Å². The molecule has 11 heteroatoms. The molecule has 0 saturated heterocycles. The predicted molar refractivity (Wildman–Crippen MR) is 138 cm³/mol. The van der Waals surface area contributed by atoms with Gasteiger partial charge in [-0.3, -0.25) is 14.5 Å². The van der Waals surface area contributed by atoms with Crippen LogP contribution in [-0.2, 0) is 10.0 Å². The van der Waals surface area contributed by atoms with Crippen molar-refractivity contribution in [3.05, 3.63) is 90.8 Å². The fourth-order valence-corrected chi connectivity index (χ4v) is 4.93. The number of benzene rings is 2. The van der Waals surface area contributed by atoms with Gasteiger partial charge in [0, 0.05) is 28.2 Å². The van der Waals surface area contributed by atoms with Gasteiger partial charge in [-0.25, -0.2) is 18.4 Å². The number of aromatic nitrogens is 3. The highest BCUT2D eigenvalue weighted by atomic mass is 32.2. The zero-order chi connectivity index (χ0) is 26.0. The molecule has 2 N–H and O–H groups in total. The molecule has 0 unspecified atom stereocenters. The monoisotopic (exact) mass is 515 g/mol. The van der Waals surface area contributed by atoms with Crippen LogP contribution in [-0.4, -0.2) is 36.4 Å². The van der Waals surface area contributed by atoms with Crippen LogP contribution in [0, 0.1) is 6.92 Å². The molecule has 0 aliphatic heterocycles. The summed E-state index contributed by atoms with van der Waals surface area (Å²) >= 11 is 0. The summed E-state index contributed by atoms with van der Waals surface area (Å²) in [4.78, 5) is 24.8. The van der Waals surface area contributed by atoms with Gasteiger partial charge in [0.25, 0.3) is 15.9 Å². The number of nitrogens with one attached hydrogen (secondary N) is 2. The topological polar surface area (TPSA) is 136 Å². The fraction of sp³-hybridized carbons (Fsp3) is 0.0769. The van der Waals surface area contributed by atoms with Crippen molar-refractivity contribution >= 4 is 38.1 Å². The first-order valence-corrected chi connectivity index (χ1v) is 12.6. The van der Waals surface area contributed by atoms with E-state index in [0.29, 0.717) is 16.8 Å². The normalized spacial score (nSPS) is 11.3. The second-order valence-corrected chi connectivity index (χ2v) is 9.69. The van der Waals surface area contributed by atoms with Crippen LogP contribution in [0.15, 0.2) is 88.6 Å². The third kappa shape index (κ3) is 4.98. The Morgan fingerprint density at radius 1 is 0.946 bits per heavy atom. The van der Waals surface area contributed by atoms with Gasteiger partial charge >= 0.3 is 5.91 Å². The molecule has 2 aromatic carbocycles. The second kappa shape index (κ2) is 9.70. The molecule has 0 saturated carbocycles. The van der Waals surface area contributed by atoms with E-state index < -0.39 is 15.9 Å². The van der Waals surface area contributed by atoms with E-state index in [0.717, 1.165) is 16.6 Å². The highest BCUT2D eigenvalue weighted by Gasteiger charge is 2.24. The molecule has 3 aromatic heterocycles. The van der Waals surface area contributed by atoms with E-state index in [2.05, 4.69) is 25.0 Å². The summed E-state index contributed by atoms with van der Waals surface area (Å²) < 4.78 is 40.1. The first-order valence-electron chi connectivity index (χ1n) is 11.1. The van der Waals surface area contributed by atoms with Gasteiger partial charge in [0.05, 0.1) is 30.9 Å². The minimum absolute atomic E-state index is 0.114. The van der Waals surface area contributed by atoms with Crippen molar-refractivity contribution in [3.63, 3.8) is 0 Å². The maximum absolute atomic E-state index is 13.4. The Hall–Kier alpha value is -4.77. The van der Waals surface area contributed by atoms with E-state index in [-0.39, 0.29) is 22.4 Å². The molecule has 10 nitrogen and oxygen atoms in total. The molecule has 0 atom stereocenters. The lowest BCUT2D eigenvalue weighted by Crippen LogP contribution is -2.17. The second-order valence-electron chi connectivity index (χ2n) is 8.04. The van der Waals surface area contributed by atoms with Crippen LogP contribution in [0.25, 0.3) is 22.1 Å². The average Bonchev–Trinajstić information content (AvgIpc) is 3.40. The van der Waals surface area contributed by atoms with Crippen molar-refractivity contribution in [2.75, 3.05) is 17.1 Å². The number of hydrogen-bond acceptors (Lipinski definition) is 8. The van der Waals surface area contributed by atoms with Crippen LogP contribution >= 0.6 is 0 Å². The van der Waals surface area contributed by atoms with Crippen LogP contribution in [0.1, 0.15) is 16.4 Å². The lowest BCUT2D eigenvalue weighted by atomic mass is 10.1. The van der Waals surface area contributed by atoms with Gasteiger partial charge in [0.1, 0.15) is 0 Å². The molecule has 0 spiro atoms. The number of amides is 1. The molecule has 0 aliphatic rings. The molecule has 0 fully saturated rings. The summed E-state index contributed by atoms with van der Waals surface area (Å²) in [5.41, 5.74) is 1.99. The molecule has 0 radical (unpaired) electrons. The Bertz CT molecular complexity index is 1720. The van der Waals surface area contributed by atoms with Gasteiger partial charge in [0.2, 0.25) is 5.88 Å². The summed E-state index contributed by atoms with van der Waals surface area (Å²) in [5, 5.41) is 4.04. The molecule has 186 valence electrons. The largest absolute Gasteiger partial charge is 0.480 e. The van der Waals surface area contributed by atoms with Crippen molar-refractivity contribution in [1.29, 1.82) is 0 Å². The molecule has 3 heterocycles. The van der Waals surface area contributed by atoms with E-state index in [1.165, 1.54) is 25.6 Å². The van der Waals surface area contributed by atoms with Gasteiger partial charge in [-0.1, -0.05) is 42.5 Å². The zero-order valence-corrected chi connectivity index (χ0v) is 20.6. The molecule has 37 heavy (non-hydrogen) atoms. The highest BCUT2D eigenvalue weighted by Crippen LogP contribution is 2.30. The molecule has 0 bridgehead atoms. The number of carbonyl (C=O) groups is 1. The van der Waals surface area contributed by atoms with Gasteiger partial charge in [0.15, 0.2) is 10.7 Å². The number of pyridine rings is 2. The molecule has 0 aliphatic carbocycles. The maximum atomic E-state index is 13.4. The number of aryl methyl sites for hydroxylation is 1. The highest BCUT2D eigenvalue weighted by molar-refractivity contribution is 7.92. The van der Waals surface area contributed by atoms with Gasteiger partial charge in [-0.05, 0) is 25.1 Å². The summed E-state index contributed by atoms with van der Waals surface area (Å²) in [6, 6.07) is 17.5. The maximum Gasteiger partial charge on any atom is 0.311 e. The van der Waals surface area contributed by atoms with Crippen molar-refractivity contribution in [2.45, 2.75) is 11.8 Å². The van der Waals surface area contributed by atoms with E-state index in [9.17, 15) is 13.2 Å².